The highest BCUT2D eigenvalue weighted by Crippen LogP contribution is 2.23. The summed E-state index contributed by atoms with van der Waals surface area (Å²) in [6.07, 6.45) is 0. The van der Waals surface area contributed by atoms with Gasteiger partial charge in [0.25, 0.3) is 0 Å². The van der Waals surface area contributed by atoms with E-state index in [0.29, 0.717) is 48.9 Å². The number of halogens is 1. The number of anilines is 1. The molecule has 0 aliphatic carbocycles. The lowest BCUT2D eigenvalue weighted by atomic mass is 10.4. The summed E-state index contributed by atoms with van der Waals surface area (Å²) in [6, 6.07) is 7.76. The summed E-state index contributed by atoms with van der Waals surface area (Å²) in [4.78, 5) is 10.7. The monoisotopic (exact) mass is 398 g/mol. The third-order valence-corrected chi connectivity index (χ3v) is 6.22. The second-order valence-corrected chi connectivity index (χ2v) is 7.97. The standard InChI is InChI=1S/C16H19ClN4O4S/c1-24-14-11-15(25-2)19-16(18-14)20-7-9-21(10-8-20)26(22,23)13-5-3-12(17)4-6-13/h3-6,11H,7-10H2,1-2H3. The van der Waals surface area contributed by atoms with Crippen LogP contribution in [0.2, 0.25) is 5.02 Å². The molecule has 0 unspecified atom stereocenters. The molecule has 0 spiro atoms. The van der Waals surface area contributed by atoms with Crippen LogP contribution in [0.5, 0.6) is 11.8 Å². The molecule has 3 rings (SSSR count). The van der Waals surface area contributed by atoms with Crippen LogP contribution in [0.3, 0.4) is 0 Å². The van der Waals surface area contributed by atoms with Crippen LogP contribution in [0.15, 0.2) is 35.2 Å². The molecule has 10 heteroatoms. The van der Waals surface area contributed by atoms with E-state index in [2.05, 4.69) is 9.97 Å². The van der Waals surface area contributed by atoms with Crippen molar-refractivity contribution in [3.63, 3.8) is 0 Å². The second-order valence-electron chi connectivity index (χ2n) is 5.60. The van der Waals surface area contributed by atoms with E-state index in [1.165, 1.54) is 30.7 Å². The van der Waals surface area contributed by atoms with E-state index < -0.39 is 10.0 Å². The van der Waals surface area contributed by atoms with Gasteiger partial charge in [-0.15, -0.1) is 0 Å². The highest BCUT2D eigenvalue weighted by Gasteiger charge is 2.29. The molecule has 0 atom stereocenters. The van der Waals surface area contributed by atoms with E-state index in [0.717, 1.165) is 0 Å². The number of aromatic nitrogens is 2. The predicted molar refractivity (Wildman–Crippen MR) is 97.6 cm³/mol. The van der Waals surface area contributed by atoms with Crippen LogP contribution in [0, 0.1) is 0 Å². The SMILES string of the molecule is COc1cc(OC)nc(N2CCN(S(=O)(=O)c3ccc(Cl)cc3)CC2)n1. The zero-order valence-electron chi connectivity index (χ0n) is 14.4. The minimum absolute atomic E-state index is 0.231. The highest BCUT2D eigenvalue weighted by molar-refractivity contribution is 7.89. The van der Waals surface area contributed by atoms with Crippen molar-refractivity contribution < 1.29 is 17.9 Å². The van der Waals surface area contributed by atoms with Crippen LogP contribution >= 0.6 is 11.6 Å². The van der Waals surface area contributed by atoms with E-state index in [9.17, 15) is 8.42 Å². The molecule has 1 aliphatic rings. The number of benzene rings is 1. The third-order valence-electron chi connectivity index (χ3n) is 4.06. The van der Waals surface area contributed by atoms with Gasteiger partial charge < -0.3 is 14.4 Å². The Bertz CT molecular complexity index is 846. The zero-order chi connectivity index (χ0) is 18.7. The van der Waals surface area contributed by atoms with Crippen molar-refractivity contribution in [2.75, 3.05) is 45.3 Å². The van der Waals surface area contributed by atoms with Gasteiger partial charge in [-0.2, -0.15) is 14.3 Å². The van der Waals surface area contributed by atoms with E-state index >= 15 is 0 Å². The molecule has 0 N–H and O–H groups in total. The summed E-state index contributed by atoms with van der Waals surface area (Å²) >= 11 is 5.83. The smallest absolute Gasteiger partial charge is 0.243 e. The Morgan fingerprint density at radius 3 is 2.00 bits per heavy atom. The number of hydrogen-bond donors (Lipinski definition) is 0. The highest BCUT2D eigenvalue weighted by atomic mass is 35.5. The van der Waals surface area contributed by atoms with E-state index in [4.69, 9.17) is 21.1 Å². The molecule has 1 aromatic carbocycles. The van der Waals surface area contributed by atoms with Crippen LogP contribution in [0.4, 0.5) is 5.95 Å². The summed E-state index contributed by atoms with van der Waals surface area (Å²) in [5, 5.41) is 0.498. The van der Waals surface area contributed by atoms with Crippen molar-refractivity contribution in [3.8, 4) is 11.8 Å². The number of hydrogen-bond acceptors (Lipinski definition) is 7. The molecule has 0 bridgehead atoms. The second kappa shape index (κ2) is 7.65. The molecule has 2 aromatic rings. The Balaban J connectivity index is 1.74. The lowest BCUT2D eigenvalue weighted by molar-refractivity contribution is 0.363. The first kappa shape index (κ1) is 18.7. The van der Waals surface area contributed by atoms with Crippen molar-refractivity contribution in [2.45, 2.75) is 4.90 Å². The Hall–Kier alpha value is -2.10. The Morgan fingerprint density at radius 2 is 1.50 bits per heavy atom. The van der Waals surface area contributed by atoms with Crippen molar-refractivity contribution >= 4 is 27.6 Å². The van der Waals surface area contributed by atoms with Gasteiger partial charge in [0.05, 0.1) is 25.2 Å². The fraction of sp³-hybridized carbons (Fsp3) is 0.375. The molecule has 1 aliphatic heterocycles. The normalized spacial score (nSPS) is 15.7. The average Bonchev–Trinajstić information content (AvgIpc) is 2.68. The van der Waals surface area contributed by atoms with E-state index in [-0.39, 0.29) is 4.90 Å². The van der Waals surface area contributed by atoms with Gasteiger partial charge in [-0.3, -0.25) is 0 Å². The maximum Gasteiger partial charge on any atom is 0.243 e. The third kappa shape index (κ3) is 3.84. The number of sulfonamides is 1. The van der Waals surface area contributed by atoms with Crippen LogP contribution in [0.1, 0.15) is 0 Å². The van der Waals surface area contributed by atoms with Crippen molar-refractivity contribution in [1.82, 2.24) is 14.3 Å². The summed E-state index contributed by atoms with van der Waals surface area (Å²) in [5.41, 5.74) is 0. The van der Waals surface area contributed by atoms with Gasteiger partial charge in [-0.1, -0.05) is 11.6 Å². The first-order valence-electron chi connectivity index (χ1n) is 7.92. The maximum absolute atomic E-state index is 12.7. The lowest BCUT2D eigenvalue weighted by Crippen LogP contribution is -2.49. The van der Waals surface area contributed by atoms with Crippen molar-refractivity contribution in [2.24, 2.45) is 0 Å². The topological polar surface area (TPSA) is 84.9 Å². The van der Waals surface area contributed by atoms with Crippen LogP contribution in [-0.4, -0.2) is 63.1 Å². The maximum atomic E-state index is 12.7. The van der Waals surface area contributed by atoms with Gasteiger partial charge in [0.15, 0.2) is 0 Å². The molecule has 1 saturated heterocycles. The minimum Gasteiger partial charge on any atom is -0.481 e. The van der Waals surface area contributed by atoms with Gasteiger partial charge >= 0.3 is 0 Å². The molecule has 0 amide bonds. The van der Waals surface area contributed by atoms with Crippen LogP contribution in [0.25, 0.3) is 0 Å². The van der Waals surface area contributed by atoms with Gasteiger partial charge in [-0.05, 0) is 24.3 Å². The Kier molecular flexibility index (Phi) is 5.49. The molecule has 2 heterocycles. The molecular formula is C16H19ClN4O4S. The molecule has 26 heavy (non-hydrogen) atoms. The Labute approximate surface area is 157 Å². The first-order chi connectivity index (χ1) is 12.4. The molecule has 8 nitrogen and oxygen atoms in total. The van der Waals surface area contributed by atoms with Gasteiger partial charge in [0.2, 0.25) is 27.7 Å². The predicted octanol–water partition coefficient (Wildman–Crippen LogP) is 1.66. The minimum atomic E-state index is -3.55. The fourth-order valence-corrected chi connectivity index (χ4v) is 4.18. The van der Waals surface area contributed by atoms with Crippen LogP contribution in [-0.2, 0) is 10.0 Å². The molecular weight excluding hydrogens is 380 g/mol. The van der Waals surface area contributed by atoms with Gasteiger partial charge in [-0.25, -0.2) is 8.42 Å². The Morgan fingerprint density at radius 1 is 0.962 bits per heavy atom. The van der Waals surface area contributed by atoms with Gasteiger partial charge in [0.1, 0.15) is 0 Å². The quantitative estimate of drug-likeness (QED) is 0.757. The molecule has 140 valence electrons. The lowest BCUT2D eigenvalue weighted by Gasteiger charge is -2.34. The summed E-state index contributed by atoms with van der Waals surface area (Å²) in [6.45, 7) is 1.58. The first-order valence-corrected chi connectivity index (χ1v) is 9.73. The summed E-state index contributed by atoms with van der Waals surface area (Å²) < 4.78 is 37.2. The number of methoxy groups -OCH3 is 2. The molecule has 0 radical (unpaired) electrons. The van der Waals surface area contributed by atoms with Crippen LogP contribution < -0.4 is 14.4 Å². The number of piperazine rings is 1. The molecule has 0 saturated carbocycles. The van der Waals surface area contributed by atoms with E-state index in [1.54, 1.807) is 18.2 Å². The molecule has 1 aromatic heterocycles. The van der Waals surface area contributed by atoms with Gasteiger partial charge in [0, 0.05) is 31.2 Å². The van der Waals surface area contributed by atoms with E-state index in [1.807, 2.05) is 4.90 Å². The number of rotatable bonds is 5. The average molecular weight is 399 g/mol. The van der Waals surface area contributed by atoms with Crippen molar-refractivity contribution in [3.05, 3.63) is 35.4 Å². The summed E-state index contributed by atoms with van der Waals surface area (Å²) in [5.74, 6) is 1.23. The summed E-state index contributed by atoms with van der Waals surface area (Å²) in [7, 11) is -0.520. The fourth-order valence-electron chi connectivity index (χ4n) is 2.63. The van der Waals surface area contributed by atoms with Crippen molar-refractivity contribution in [1.29, 1.82) is 0 Å². The largest absolute Gasteiger partial charge is 0.481 e. The molecule has 1 fully saturated rings. The number of ether oxygens (including phenoxy) is 2. The number of nitrogens with zero attached hydrogens (tertiary/aromatic N) is 4. The zero-order valence-corrected chi connectivity index (χ0v) is 16.0.